The molecule has 1 unspecified atom stereocenters. The van der Waals surface area contributed by atoms with Gasteiger partial charge in [0.15, 0.2) is 0 Å². The summed E-state index contributed by atoms with van der Waals surface area (Å²) in [6.07, 6.45) is 0. The Bertz CT molecular complexity index is 695. The van der Waals surface area contributed by atoms with E-state index in [0.29, 0.717) is 20.2 Å². The van der Waals surface area contributed by atoms with E-state index in [9.17, 15) is 10.1 Å². The molecule has 0 aliphatic heterocycles. The maximum Gasteiger partial charge on any atom is 0.293 e. The average Bonchev–Trinajstić information content (AvgIpc) is 2.43. The van der Waals surface area contributed by atoms with Crippen LogP contribution in [0.25, 0.3) is 0 Å². The molecule has 2 aromatic carbocycles. The van der Waals surface area contributed by atoms with Gasteiger partial charge < -0.3 is 5.32 Å². The Morgan fingerprint density at radius 3 is 2.52 bits per heavy atom. The number of halogens is 3. The quantitative estimate of drug-likeness (QED) is 0.528. The minimum absolute atomic E-state index is 0.0104. The molecule has 1 N–H and O–H groups in total. The molecule has 0 fully saturated rings. The fourth-order valence-corrected chi connectivity index (χ4v) is 2.53. The number of nitrogens with zero attached hydrogens (tertiary/aromatic N) is 1. The maximum atomic E-state index is 11.1. The van der Waals surface area contributed by atoms with Crippen molar-refractivity contribution in [3.8, 4) is 0 Å². The van der Waals surface area contributed by atoms with Crippen molar-refractivity contribution in [2.75, 3.05) is 5.32 Å². The third kappa shape index (κ3) is 3.87. The first kappa shape index (κ1) is 16.1. The van der Waals surface area contributed by atoms with Gasteiger partial charge in [-0.05, 0) is 36.8 Å². The Labute approximate surface area is 140 Å². The van der Waals surface area contributed by atoms with Gasteiger partial charge >= 0.3 is 0 Å². The van der Waals surface area contributed by atoms with Gasteiger partial charge in [-0.1, -0.05) is 45.2 Å². The van der Waals surface area contributed by atoms with Crippen LogP contribution in [0.15, 0.2) is 40.9 Å². The molecule has 7 heteroatoms. The Balaban J connectivity index is 2.29. The van der Waals surface area contributed by atoms with E-state index in [1.807, 2.05) is 13.0 Å². The zero-order chi connectivity index (χ0) is 15.6. The number of anilines is 1. The Morgan fingerprint density at radius 1 is 1.19 bits per heavy atom. The zero-order valence-electron chi connectivity index (χ0n) is 10.9. The highest BCUT2D eigenvalue weighted by atomic mass is 79.9. The SMILES string of the molecule is CC(Nc1ccc(Br)cc1[N+](=O)[O-])c1ccc(Cl)c(Cl)c1. The predicted octanol–water partition coefficient (Wildman–Crippen LogP) is 5.84. The molecule has 0 aliphatic carbocycles. The number of rotatable bonds is 4. The second-order valence-electron chi connectivity index (χ2n) is 4.46. The second kappa shape index (κ2) is 6.64. The molecule has 0 saturated carbocycles. The Morgan fingerprint density at radius 2 is 1.90 bits per heavy atom. The second-order valence-corrected chi connectivity index (χ2v) is 6.19. The molecule has 2 aromatic rings. The first-order valence-corrected chi connectivity index (χ1v) is 7.59. The molecule has 2 rings (SSSR count). The highest BCUT2D eigenvalue weighted by molar-refractivity contribution is 9.10. The van der Waals surface area contributed by atoms with E-state index in [1.165, 1.54) is 6.07 Å². The lowest BCUT2D eigenvalue weighted by Gasteiger charge is -2.16. The standard InChI is InChI=1S/C14H11BrCl2N2O2/c1-8(9-2-4-11(16)12(17)6-9)18-13-5-3-10(15)7-14(13)19(20)21/h2-8,18H,1H3. The lowest BCUT2D eigenvalue weighted by Crippen LogP contribution is -2.08. The Kier molecular flexibility index (Phi) is 5.08. The topological polar surface area (TPSA) is 55.2 Å². The van der Waals surface area contributed by atoms with E-state index in [-0.39, 0.29) is 11.7 Å². The van der Waals surface area contributed by atoms with Gasteiger partial charge in [0.05, 0.1) is 15.0 Å². The summed E-state index contributed by atoms with van der Waals surface area (Å²) >= 11 is 15.1. The summed E-state index contributed by atoms with van der Waals surface area (Å²) in [7, 11) is 0. The van der Waals surface area contributed by atoms with Crippen LogP contribution in [0.5, 0.6) is 0 Å². The number of benzene rings is 2. The van der Waals surface area contributed by atoms with Crippen LogP contribution in [-0.4, -0.2) is 4.92 Å². The maximum absolute atomic E-state index is 11.1. The summed E-state index contributed by atoms with van der Waals surface area (Å²) in [5, 5.41) is 15.1. The van der Waals surface area contributed by atoms with Gasteiger partial charge in [0.25, 0.3) is 5.69 Å². The number of hydrogen-bond acceptors (Lipinski definition) is 3. The molecule has 4 nitrogen and oxygen atoms in total. The van der Waals surface area contributed by atoms with Crippen LogP contribution in [-0.2, 0) is 0 Å². The highest BCUT2D eigenvalue weighted by Gasteiger charge is 2.17. The van der Waals surface area contributed by atoms with Gasteiger partial charge in [-0.2, -0.15) is 0 Å². The molecule has 1 atom stereocenters. The molecule has 0 heterocycles. The van der Waals surface area contributed by atoms with Crippen LogP contribution in [0.1, 0.15) is 18.5 Å². The minimum Gasteiger partial charge on any atom is -0.373 e. The first-order valence-electron chi connectivity index (χ1n) is 6.04. The molecule has 0 bridgehead atoms. The lowest BCUT2D eigenvalue weighted by molar-refractivity contribution is -0.384. The van der Waals surface area contributed by atoms with Crippen LogP contribution >= 0.6 is 39.1 Å². The van der Waals surface area contributed by atoms with Gasteiger partial charge in [-0.3, -0.25) is 10.1 Å². The fourth-order valence-electron chi connectivity index (χ4n) is 1.88. The molecule has 0 aliphatic rings. The largest absolute Gasteiger partial charge is 0.373 e. The molecule has 0 radical (unpaired) electrons. The molecule has 0 saturated heterocycles. The third-order valence-electron chi connectivity index (χ3n) is 2.97. The van der Waals surface area contributed by atoms with Crippen molar-refractivity contribution in [2.45, 2.75) is 13.0 Å². The van der Waals surface area contributed by atoms with Crippen LogP contribution in [0.2, 0.25) is 10.0 Å². The van der Waals surface area contributed by atoms with Crippen molar-refractivity contribution in [3.63, 3.8) is 0 Å². The molecule has 0 amide bonds. The molecule has 0 aromatic heterocycles. The smallest absolute Gasteiger partial charge is 0.293 e. The van der Waals surface area contributed by atoms with E-state index in [4.69, 9.17) is 23.2 Å². The van der Waals surface area contributed by atoms with E-state index < -0.39 is 4.92 Å². The lowest BCUT2D eigenvalue weighted by atomic mass is 10.1. The van der Waals surface area contributed by atoms with Gasteiger partial charge in [0.2, 0.25) is 0 Å². The van der Waals surface area contributed by atoms with Crippen molar-refractivity contribution in [1.82, 2.24) is 0 Å². The number of nitro benzene ring substituents is 1. The van der Waals surface area contributed by atoms with Gasteiger partial charge in [0, 0.05) is 16.6 Å². The zero-order valence-corrected chi connectivity index (χ0v) is 14.0. The van der Waals surface area contributed by atoms with Gasteiger partial charge in [-0.25, -0.2) is 0 Å². The summed E-state index contributed by atoms with van der Waals surface area (Å²) in [4.78, 5) is 10.7. The van der Waals surface area contributed by atoms with Crippen molar-refractivity contribution in [1.29, 1.82) is 0 Å². The molecule has 21 heavy (non-hydrogen) atoms. The van der Waals surface area contributed by atoms with Crippen molar-refractivity contribution in [2.24, 2.45) is 0 Å². The van der Waals surface area contributed by atoms with Crippen molar-refractivity contribution < 1.29 is 4.92 Å². The number of nitro groups is 1. The van der Waals surface area contributed by atoms with E-state index in [1.54, 1.807) is 24.3 Å². The van der Waals surface area contributed by atoms with Crippen LogP contribution in [0.3, 0.4) is 0 Å². The third-order valence-corrected chi connectivity index (χ3v) is 4.20. The van der Waals surface area contributed by atoms with E-state index in [0.717, 1.165) is 5.56 Å². The van der Waals surface area contributed by atoms with Crippen molar-refractivity contribution >= 4 is 50.5 Å². The average molecular weight is 390 g/mol. The minimum atomic E-state index is -0.422. The highest BCUT2D eigenvalue weighted by Crippen LogP contribution is 2.32. The molecular formula is C14H11BrCl2N2O2. The summed E-state index contributed by atoms with van der Waals surface area (Å²) < 4.78 is 0.655. The monoisotopic (exact) mass is 388 g/mol. The van der Waals surface area contributed by atoms with Gasteiger partial charge in [-0.15, -0.1) is 0 Å². The van der Waals surface area contributed by atoms with Crippen LogP contribution in [0, 0.1) is 10.1 Å². The summed E-state index contributed by atoms with van der Waals surface area (Å²) in [5.74, 6) is 0. The van der Waals surface area contributed by atoms with Crippen LogP contribution < -0.4 is 5.32 Å². The van der Waals surface area contributed by atoms with E-state index in [2.05, 4.69) is 21.2 Å². The van der Waals surface area contributed by atoms with E-state index >= 15 is 0 Å². The van der Waals surface area contributed by atoms with Crippen molar-refractivity contribution in [3.05, 3.63) is 66.6 Å². The number of nitrogens with one attached hydrogen (secondary N) is 1. The summed E-state index contributed by atoms with van der Waals surface area (Å²) in [6, 6.07) is 9.99. The molecule has 110 valence electrons. The normalized spacial score (nSPS) is 12.0. The summed E-state index contributed by atoms with van der Waals surface area (Å²) in [6.45, 7) is 1.89. The van der Waals surface area contributed by atoms with Crippen LogP contribution in [0.4, 0.5) is 11.4 Å². The molecule has 0 spiro atoms. The first-order chi connectivity index (χ1) is 9.88. The predicted molar refractivity (Wildman–Crippen MR) is 89.3 cm³/mol. The number of hydrogen-bond donors (Lipinski definition) is 1. The summed E-state index contributed by atoms with van der Waals surface area (Å²) in [5.41, 5.74) is 1.35. The van der Waals surface area contributed by atoms with Gasteiger partial charge in [0.1, 0.15) is 5.69 Å². The fraction of sp³-hybridized carbons (Fsp3) is 0.143. The molecular weight excluding hydrogens is 379 g/mol. The Hall–Kier alpha value is -1.30.